The molecule has 2 aliphatic heterocycles. The summed E-state index contributed by atoms with van der Waals surface area (Å²) in [6, 6.07) is 2.32. The second-order valence-corrected chi connectivity index (χ2v) is 4.90. The molecule has 0 radical (unpaired) electrons. The van der Waals surface area contributed by atoms with E-state index in [1.807, 2.05) is 0 Å². The lowest BCUT2D eigenvalue weighted by atomic mass is 10.0. The predicted molar refractivity (Wildman–Crippen MR) is 67.3 cm³/mol. The highest BCUT2D eigenvalue weighted by Gasteiger charge is 2.21. The molecule has 0 aromatic carbocycles. The lowest BCUT2D eigenvalue weighted by molar-refractivity contribution is 0.518. The molecule has 1 saturated heterocycles. The molecule has 1 N–H and O–H groups in total. The van der Waals surface area contributed by atoms with Crippen molar-refractivity contribution in [3.63, 3.8) is 0 Å². The lowest BCUT2D eigenvalue weighted by Gasteiger charge is -2.19. The van der Waals surface area contributed by atoms with E-state index in [0.29, 0.717) is 5.57 Å². The zero-order valence-electron chi connectivity index (χ0n) is 10.4. The van der Waals surface area contributed by atoms with E-state index in [-0.39, 0.29) is 0 Å². The number of rotatable bonds is 1. The molecule has 0 aliphatic carbocycles. The summed E-state index contributed by atoms with van der Waals surface area (Å²) in [5.41, 5.74) is 1.74. The monoisotopic (exact) mass is 243 g/mol. The second-order valence-electron chi connectivity index (χ2n) is 4.90. The number of fused-ring (bicyclic) bond motifs is 1. The second kappa shape index (κ2) is 4.81. The molecule has 5 heteroatoms. The first-order valence-electron chi connectivity index (χ1n) is 6.69. The Morgan fingerprint density at radius 2 is 2.06 bits per heavy atom. The highest BCUT2D eigenvalue weighted by molar-refractivity contribution is 5.75. The summed E-state index contributed by atoms with van der Waals surface area (Å²) in [6.07, 6.45) is 6.59. The molecule has 0 spiro atoms. The molecule has 0 atom stereocenters. The van der Waals surface area contributed by atoms with E-state index in [2.05, 4.69) is 26.2 Å². The summed E-state index contributed by atoms with van der Waals surface area (Å²) in [6.45, 7) is 1.90. The van der Waals surface area contributed by atoms with Crippen molar-refractivity contribution in [3.05, 3.63) is 17.3 Å². The van der Waals surface area contributed by atoms with Crippen LogP contribution in [0.15, 0.2) is 5.70 Å². The predicted octanol–water partition coefficient (Wildman–Crippen LogP) is 1.62. The molecule has 5 nitrogen and oxygen atoms in total. The van der Waals surface area contributed by atoms with E-state index >= 15 is 0 Å². The summed E-state index contributed by atoms with van der Waals surface area (Å²) in [4.78, 5) is 0. The number of hydrogen-bond donors (Lipinski definition) is 1. The number of nitriles is 1. The maximum absolute atomic E-state index is 9.42. The minimum absolute atomic E-state index is 0.690. The van der Waals surface area contributed by atoms with E-state index in [0.717, 1.165) is 56.1 Å². The molecular formula is C13H17N5. The summed E-state index contributed by atoms with van der Waals surface area (Å²) >= 11 is 0. The zero-order chi connectivity index (χ0) is 12.4. The fraction of sp³-hybridized carbons (Fsp3) is 0.615. The van der Waals surface area contributed by atoms with Gasteiger partial charge in [0.1, 0.15) is 17.5 Å². The van der Waals surface area contributed by atoms with Crippen LogP contribution < -0.4 is 5.32 Å². The van der Waals surface area contributed by atoms with Crippen molar-refractivity contribution in [1.82, 2.24) is 20.1 Å². The first-order valence-corrected chi connectivity index (χ1v) is 6.69. The van der Waals surface area contributed by atoms with Crippen LogP contribution in [0.25, 0.3) is 5.57 Å². The highest BCUT2D eigenvalue weighted by Crippen LogP contribution is 2.24. The lowest BCUT2D eigenvalue weighted by Crippen LogP contribution is -2.22. The SMILES string of the molecule is N#C/C(=C1/CCCCN1)c1nnc2n1CCCC2. The summed E-state index contributed by atoms with van der Waals surface area (Å²) < 4.78 is 2.12. The van der Waals surface area contributed by atoms with Crippen LogP contribution in [-0.4, -0.2) is 21.3 Å². The minimum Gasteiger partial charge on any atom is -0.387 e. The van der Waals surface area contributed by atoms with Crippen LogP contribution in [0.2, 0.25) is 0 Å². The van der Waals surface area contributed by atoms with Gasteiger partial charge in [-0.1, -0.05) is 0 Å². The molecule has 0 amide bonds. The first-order chi connectivity index (χ1) is 8.90. The minimum atomic E-state index is 0.690. The van der Waals surface area contributed by atoms with Gasteiger partial charge in [-0.3, -0.25) is 0 Å². The maximum Gasteiger partial charge on any atom is 0.176 e. The van der Waals surface area contributed by atoms with Gasteiger partial charge in [-0.15, -0.1) is 10.2 Å². The molecule has 94 valence electrons. The number of piperidine rings is 1. The third-order valence-corrected chi connectivity index (χ3v) is 3.69. The number of hydrogen-bond acceptors (Lipinski definition) is 4. The van der Waals surface area contributed by atoms with Gasteiger partial charge in [0.2, 0.25) is 0 Å². The summed E-state index contributed by atoms with van der Waals surface area (Å²) in [7, 11) is 0. The number of nitrogens with zero attached hydrogens (tertiary/aromatic N) is 4. The maximum atomic E-state index is 9.42. The van der Waals surface area contributed by atoms with Gasteiger partial charge in [0, 0.05) is 25.2 Å². The van der Waals surface area contributed by atoms with Crippen molar-refractivity contribution in [2.45, 2.75) is 45.1 Å². The van der Waals surface area contributed by atoms with Crippen LogP contribution >= 0.6 is 0 Å². The van der Waals surface area contributed by atoms with Crippen molar-refractivity contribution in [2.24, 2.45) is 0 Å². The fourth-order valence-corrected chi connectivity index (χ4v) is 2.71. The van der Waals surface area contributed by atoms with Gasteiger partial charge < -0.3 is 9.88 Å². The Bertz CT molecular complexity index is 512. The quantitative estimate of drug-likeness (QED) is 0.761. The molecule has 18 heavy (non-hydrogen) atoms. The normalized spacial score (nSPS) is 21.7. The Kier molecular flexibility index (Phi) is 3.01. The van der Waals surface area contributed by atoms with E-state index in [1.54, 1.807) is 0 Å². The van der Waals surface area contributed by atoms with Crippen LogP contribution in [0, 0.1) is 11.3 Å². The van der Waals surface area contributed by atoms with Gasteiger partial charge in [-0.2, -0.15) is 5.26 Å². The zero-order valence-corrected chi connectivity index (χ0v) is 10.4. The van der Waals surface area contributed by atoms with E-state index in [1.165, 1.54) is 12.8 Å². The van der Waals surface area contributed by atoms with Gasteiger partial charge in [0.25, 0.3) is 0 Å². The van der Waals surface area contributed by atoms with Crippen LogP contribution in [0.4, 0.5) is 0 Å². The fourth-order valence-electron chi connectivity index (χ4n) is 2.71. The summed E-state index contributed by atoms with van der Waals surface area (Å²) in [5.74, 6) is 1.79. The number of allylic oxidation sites excluding steroid dienone is 2. The largest absolute Gasteiger partial charge is 0.387 e. The smallest absolute Gasteiger partial charge is 0.176 e. The molecule has 3 heterocycles. The van der Waals surface area contributed by atoms with E-state index < -0.39 is 0 Å². The molecule has 3 rings (SSSR count). The summed E-state index contributed by atoms with van der Waals surface area (Å²) in [5, 5.41) is 21.2. The first kappa shape index (κ1) is 11.3. The Hall–Kier alpha value is -1.83. The Morgan fingerprint density at radius 1 is 1.17 bits per heavy atom. The average molecular weight is 243 g/mol. The highest BCUT2D eigenvalue weighted by atomic mass is 15.3. The van der Waals surface area contributed by atoms with Crippen molar-refractivity contribution < 1.29 is 0 Å². The van der Waals surface area contributed by atoms with Crippen LogP contribution in [-0.2, 0) is 13.0 Å². The molecule has 1 aromatic heterocycles. The van der Waals surface area contributed by atoms with Crippen molar-refractivity contribution in [3.8, 4) is 6.07 Å². The molecule has 1 aromatic rings. The third-order valence-electron chi connectivity index (χ3n) is 3.69. The van der Waals surface area contributed by atoms with Gasteiger partial charge in [-0.25, -0.2) is 0 Å². The topological polar surface area (TPSA) is 66.5 Å². The molecule has 0 bridgehead atoms. The number of aromatic nitrogens is 3. The Morgan fingerprint density at radius 3 is 2.83 bits per heavy atom. The van der Waals surface area contributed by atoms with Crippen LogP contribution in [0.1, 0.15) is 43.8 Å². The molecular weight excluding hydrogens is 226 g/mol. The third kappa shape index (κ3) is 1.88. The molecule has 0 unspecified atom stereocenters. The molecule has 2 aliphatic rings. The molecule has 0 saturated carbocycles. The molecule has 1 fully saturated rings. The Labute approximate surface area is 107 Å². The number of nitrogens with one attached hydrogen (secondary N) is 1. The van der Waals surface area contributed by atoms with E-state index in [4.69, 9.17) is 0 Å². The van der Waals surface area contributed by atoms with E-state index in [9.17, 15) is 5.26 Å². The van der Waals surface area contributed by atoms with Gasteiger partial charge >= 0.3 is 0 Å². The van der Waals surface area contributed by atoms with Crippen LogP contribution in [0.3, 0.4) is 0 Å². The van der Waals surface area contributed by atoms with Gasteiger partial charge in [0.05, 0.1) is 0 Å². The number of aryl methyl sites for hydroxylation is 1. The standard InChI is InChI=1S/C13H17N5/c14-9-10(11-5-1-3-7-15-11)13-17-16-12-6-2-4-8-18(12)13/h15H,1-8H2/b11-10+. The van der Waals surface area contributed by atoms with Crippen molar-refractivity contribution >= 4 is 5.57 Å². The Balaban J connectivity index is 2.02. The average Bonchev–Trinajstić information content (AvgIpc) is 2.85. The van der Waals surface area contributed by atoms with Gasteiger partial charge in [-0.05, 0) is 32.1 Å². The van der Waals surface area contributed by atoms with Gasteiger partial charge in [0.15, 0.2) is 5.82 Å². The van der Waals surface area contributed by atoms with Crippen molar-refractivity contribution in [1.29, 1.82) is 5.26 Å². The van der Waals surface area contributed by atoms with Crippen LogP contribution in [0.5, 0.6) is 0 Å². The van der Waals surface area contributed by atoms with Crippen molar-refractivity contribution in [2.75, 3.05) is 6.54 Å².